The van der Waals surface area contributed by atoms with Crippen molar-refractivity contribution >= 4 is 28.4 Å². The van der Waals surface area contributed by atoms with Gasteiger partial charge in [0.2, 0.25) is 0 Å². The average molecular weight is 435 g/mol. The predicted molar refractivity (Wildman–Crippen MR) is 123 cm³/mol. The maximum Gasteiger partial charge on any atom is 0.257 e. The van der Waals surface area contributed by atoms with Crippen LogP contribution in [0.5, 0.6) is 11.5 Å². The molecule has 1 atom stereocenters. The van der Waals surface area contributed by atoms with Gasteiger partial charge in [-0.1, -0.05) is 54.1 Å². The van der Waals surface area contributed by atoms with Crippen LogP contribution in [0, 0.1) is 0 Å². The number of halogens is 1. The first-order valence-corrected chi connectivity index (χ1v) is 10.4. The highest BCUT2D eigenvalue weighted by Gasteiger charge is 2.19. The van der Waals surface area contributed by atoms with Crippen molar-refractivity contribution in [3.05, 3.63) is 95.1 Å². The van der Waals surface area contributed by atoms with Crippen molar-refractivity contribution in [3.63, 3.8) is 0 Å². The number of aromatic nitrogens is 1. The van der Waals surface area contributed by atoms with Gasteiger partial charge in [-0.15, -0.1) is 0 Å². The molecule has 1 amide bonds. The number of fused-ring (bicyclic) bond motifs is 1. The molecule has 0 aliphatic rings. The number of methoxy groups -OCH3 is 1. The van der Waals surface area contributed by atoms with Crippen molar-refractivity contribution in [2.24, 2.45) is 0 Å². The fourth-order valence-electron chi connectivity index (χ4n) is 3.60. The third-order valence-electron chi connectivity index (χ3n) is 5.21. The van der Waals surface area contributed by atoms with E-state index in [1.807, 2.05) is 60.8 Å². The summed E-state index contributed by atoms with van der Waals surface area (Å²) in [5, 5.41) is 4.61. The van der Waals surface area contributed by atoms with Crippen LogP contribution in [0.25, 0.3) is 10.9 Å². The molecule has 1 aromatic heterocycles. The molecule has 3 aromatic carbocycles. The molecular formula is C25H23ClN2O3. The van der Waals surface area contributed by atoms with Crippen LogP contribution in [0.3, 0.4) is 0 Å². The summed E-state index contributed by atoms with van der Waals surface area (Å²) in [5.74, 6) is 1.03. The summed E-state index contributed by atoms with van der Waals surface area (Å²) in [7, 11) is 1.64. The molecule has 0 aliphatic heterocycles. The third-order valence-corrected chi connectivity index (χ3v) is 5.53. The van der Waals surface area contributed by atoms with Gasteiger partial charge in [0, 0.05) is 29.6 Å². The molecule has 0 radical (unpaired) electrons. The van der Waals surface area contributed by atoms with Crippen LogP contribution < -0.4 is 14.8 Å². The monoisotopic (exact) mass is 434 g/mol. The lowest BCUT2D eigenvalue weighted by Gasteiger charge is -2.19. The minimum absolute atomic E-state index is 0.0358. The molecule has 0 fully saturated rings. The smallest absolute Gasteiger partial charge is 0.257 e. The summed E-state index contributed by atoms with van der Waals surface area (Å²) in [5.41, 5.74) is 3.26. The molecule has 31 heavy (non-hydrogen) atoms. The van der Waals surface area contributed by atoms with Gasteiger partial charge in [0.05, 0.1) is 12.1 Å². The summed E-state index contributed by atoms with van der Waals surface area (Å²) in [6.45, 7) is 0.325. The Morgan fingerprint density at radius 3 is 2.55 bits per heavy atom. The van der Waals surface area contributed by atoms with E-state index in [2.05, 4.69) is 16.4 Å². The SMILES string of the molecule is COc1ccc([C@H](CNC(=O)COc2ccccc2Cl)c2c[nH]c3ccccc23)cc1. The molecule has 5 nitrogen and oxygen atoms in total. The fourth-order valence-corrected chi connectivity index (χ4v) is 3.79. The molecule has 4 rings (SSSR count). The van der Waals surface area contributed by atoms with Gasteiger partial charge in [0.1, 0.15) is 11.5 Å². The number of hydrogen-bond acceptors (Lipinski definition) is 3. The lowest BCUT2D eigenvalue weighted by molar-refractivity contribution is -0.123. The van der Waals surface area contributed by atoms with Gasteiger partial charge in [-0.25, -0.2) is 0 Å². The van der Waals surface area contributed by atoms with Gasteiger partial charge in [-0.3, -0.25) is 4.79 Å². The number of para-hydroxylation sites is 2. The topological polar surface area (TPSA) is 63.4 Å². The fraction of sp³-hybridized carbons (Fsp3) is 0.160. The Morgan fingerprint density at radius 1 is 1.03 bits per heavy atom. The average Bonchev–Trinajstić information content (AvgIpc) is 3.23. The van der Waals surface area contributed by atoms with Crippen LogP contribution >= 0.6 is 11.6 Å². The summed E-state index contributed by atoms with van der Waals surface area (Å²) in [6.07, 6.45) is 2.01. The van der Waals surface area contributed by atoms with Gasteiger partial charge >= 0.3 is 0 Å². The standard InChI is InChI=1S/C25H23ClN2O3/c1-30-18-12-10-17(11-13-18)20(21-15-27-23-8-4-2-6-19(21)23)14-28-25(29)16-31-24-9-5-3-7-22(24)26/h2-13,15,20,27H,14,16H2,1H3,(H,28,29)/t20-/m0/s1. The van der Waals surface area contributed by atoms with Crippen LogP contribution in [0.15, 0.2) is 79.0 Å². The highest BCUT2D eigenvalue weighted by molar-refractivity contribution is 6.32. The summed E-state index contributed by atoms with van der Waals surface area (Å²) in [4.78, 5) is 15.8. The summed E-state index contributed by atoms with van der Waals surface area (Å²) < 4.78 is 10.8. The Kier molecular flexibility index (Phi) is 6.43. The highest BCUT2D eigenvalue weighted by atomic mass is 35.5. The number of carbonyl (C=O) groups excluding carboxylic acids is 1. The van der Waals surface area contributed by atoms with E-state index in [9.17, 15) is 4.79 Å². The Hall–Kier alpha value is -3.44. The van der Waals surface area contributed by atoms with E-state index in [1.54, 1.807) is 19.2 Å². The van der Waals surface area contributed by atoms with Crippen LogP contribution in [0.1, 0.15) is 17.0 Å². The second-order valence-corrected chi connectivity index (χ2v) is 7.55. The lowest BCUT2D eigenvalue weighted by atomic mass is 9.91. The zero-order valence-electron chi connectivity index (χ0n) is 17.1. The maximum absolute atomic E-state index is 12.5. The number of nitrogens with one attached hydrogen (secondary N) is 2. The van der Waals surface area contributed by atoms with Crippen LogP contribution in [-0.2, 0) is 4.79 Å². The van der Waals surface area contributed by atoms with E-state index in [0.717, 1.165) is 27.8 Å². The van der Waals surface area contributed by atoms with Gasteiger partial charge in [-0.2, -0.15) is 0 Å². The van der Waals surface area contributed by atoms with E-state index in [-0.39, 0.29) is 18.4 Å². The predicted octanol–water partition coefficient (Wildman–Crippen LogP) is 5.16. The second-order valence-electron chi connectivity index (χ2n) is 7.14. The quantitative estimate of drug-likeness (QED) is 0.402. The first-order chi connectivity index (χ1) is 15.2. The minimum Gasteiger partial charge on any atom is -0.497 e. The third kappa shape index (κ3) is 4.84. The molecule has 6 heteroatoms. The van der Waals surface area contributed by atoms with E-state index in [1.165, 1.54) is 0 Å². The van der Waals surface area contributed by atoms with Crippen molar-refractivity contribution < 1.29 is 14.3 Å². The molecule has 0 aliphatic carbocycles. The first-order valence-electron chi connectivity index (χ1n) is 9.99. The lowest BCUT2D eigenvalue weighted by Crippen LogP contribution is -2.32. The number of rotatable bonds is 8. The van der Waals surface area contributed by atoms with E-state index in [4.69, 9.17) is 21.1 Å². The van der Waals surface area contributed by atoms with Gasteiger partial charge in [0.25, 0.3) is 5.91 Å². The molecule has 0 saturated carbocycles. The molecule has 1 heterocycles. The van der Waals surface area contributed by atoms with Gasteiger partial charge in [0.15, 0.2) is 6.61 Å². The van der Waals surface area contributed by atoms with Crippen molar-refractivity contribution in [2.75, 3.05) is 20.3 Å². The number of carbonyl (C=O) groups is 1. The Morgan fingerprint density at radius 2 is 1.77 bits per heavy atom. The second kappa shape index (κ2) is 9.58. The van der Waals surface area contributed by atoms with Crippen molar-refractivity contribution in [3.8, 4) is 11.5 Å². The Balaban J connectivity index is 1.52. The van der Waals surface area contributed by atoms with Crippen molar-refractivity contribution in [1.29, 1.82) is 0 Å². The van der Waals surface area contributed by atoms with E-state index >= 15 is 0 Å². The normalized spacial score (nSPS) is 11.8. The molecule has 0 bridgehead atoms. The number of benzene rings is 3. The number of amides is 1. The first kappa shape index (κ1) is 20.8. The molecule has 0 unspecified atom stereocenters. The summed E-state index contributed by atoms with van der Waals surface area (Å²) >= 11 is 6.09. The van der Waals surface area contributed by atoms with Crippen LogP contribution in [0.4, 0.5) is 0 Å². The molecule has 0 saturated heterocycles. The molecule has 158 valence electrons. The van der Waals surface area contributed by atoms with Crippen molar-refractivity contribution in [2.45, 2.75) is 5.92 Å². The largest absolute Gasteiger partial charge is 0.497 e. The van der Waals surface area contributed by atoms with E-state index in [0.29, 0.717) is 17.3 Å². The summed E-state index contributed by atoms with van der Waals surface area (Å²) in [6, 6.07) is 23.1. The molecule has 4 aromatic rings. The Labute approximate surface area is 186 Å². The zero-order chi connectivity index (χ0) is 21.6. The number of hydrogen-bond donors (Lipinski definition) is 2. The van der Waals surface area contributed by atoms with Crippen molar-refractivity contribution in [1.82, 2.24) is 10.3 Å². The number of ether oxygens (including phenoxy) is 2. The Bertz CT molecular complexity index is 1170. The highest BCUT2D eigenvalue weighted by Crippen LogP contribution is 2.31. The minimum atomic E-state index is -0.210. The number of aromatic amines is 1. The molecule has 0 spiro atoms. The number of H-pyrrole nitrogens is 1. The van der Waals surface area contributed by atoms with Crippen LogP contribution in [-0.4, -0.2) is 31.2 Å². The van der Waals surface area contributed by atoms with Crippen LogP contribution in [0.2, 0.25) is 5.02 Å². The van der Waals surface area contributed by atoms with Gasteiger partial charge in [-0.05, 0) is 41.5 Å². The molecule has 2 N–H and O–H groups in total. The maximum atomic E-state index is 12.5. The van der Waals surface area contributed by atoms with E-state index < -0.39 is 0 Å². The molecular weight excluding hydrogens is 412 g/mol. The van der Waals surface area contributed by atoms with Gasteiger partial charge < -0.3 is 19.8 Å². The zero-order valence-corrected chi connectivity index (χ0v) is 17.9.